The van der Waals surface area contributed by atoms with Crippen LogP contribution >= 0.6 is 0 Å². The van der Waals surface area contributed by atoms with Crippen molar-refractivity contribution in [2.75, 3.05) is 6.61 Å². The number of aliphatic hydroxyl groups is 1. The van der Waals surface area contributed by atoms with E-state index in [2.05, 4.69) is 82.8 Å². The Kier molecular flexibility index (Phi) is 11.2. The van der Waals surface area contributed by atoms with Crippen LogP contribution in [0.3, 0.4) is 0 Å². The monoisotopic (exact) mass is 506 g/mol. The third-order valence-corrected chi connectivity index (χ3v) is 6.36. The number of ether oxygens (including phenoxy) is 2. The molecular weight excluding hydrogens is 464 g/mol. The summed E-state index contributed by atoms with van der Waals surface area (Å²) in [7, 11) is 0. The maximum atomic E-state index is 9.90. The van der Waals surface area contributed by atoms with E-state index in [1.807, 2.05) is 0 Å². The van der Waals surface area contributed by atoms with Gasteiger partial charge < -0.3 is 19.7 Å². The van der Waals surface area contributed by atoms with Gasteiger partial charge in [-0.1, -0.05) is 37.8 Å². The molecule has 0 saturated heterocycles. The minimum Gasteiger partial charge on any atom is -0.493 e. The molecule has 1 aliphatic rings. The summed E-state index contributed by atoms with van der Waals surface area (Å²) in [4.78, 5) is 8.36. The van der Waals surface area contributed by atoms with Crippen LogP contribution in [0.25, 0.3) is 11.1 Å². The maximum absolute atomic E-state index is 9.90. The van der Waals surface area contributed by atoms with E-state index in [4.69, 9.17) is 19.4 Å². The van der Waals surface area contributed by atoms with Crippen molar-refractivity contribution in [1.29, 1.82) is 0 Å². The Bertz CT molecular complexity index is 1110. The summed E-state index contributed by atoms with van der Waals surface area (Å²) in [6.45, 7) is 17.1. The van der Waals surface area contributed by atoms with E-state index in [0.29, 0.717) is 31.3 Å². The van der Waals surface area contributed by atoms with E-state index in [1.165, 1.54) is 33.4 Å². The van der Waals surface area contributed by atoms with Crippen LogP contribution in [0.4, 0.5) is 0 Å². The summed E-state index contributed by atoms with van der Waals surface area (Å²) < 4.78 is 11.9. The maximum Gasteiger partial charge on any atom is 0.290 e. The summed E-state index contributed by atoms with van der Waals surface area (Å²) in [6, 6.07) is 12.7. The van der Waals surface area contributed by atoms with E-state index in [9.17, 15) is 5.11 Å². The van der Waals surface area contributed by atoms with E-state index in [-0.39, 0.29) is 6.47 Å². The van der Waals surface area contributed by atoms with Gasteiger partial charge in [0.25, 0.3) is 6.47 Å². The highest BCUT2D eigenvalue weighted by Crippen LogP contribution is 2.36. The minimum absolute atomic E-state index is 0.250. The highest BCUT2D eigenvalue weighted by atomic mass is 16.5. The lowest BCUT2D eigenvalue weighted by Crippen LogP contribution is -2.21. The molecule has 1 saturated carbocycles. The first-order valence-electron chi connectivity index (χ1n) is 12.8. The van der Waals surface area contributed by atoms with Crippen molar-refractivity contribution in [3.8, 4) is 16.9 Å². The molecule has 0 spiro atoms. The molecular formula is C32H42O5. The Hall–Kier alpha value is -3.31. The molecule has 1 aliphatic carbocycles. The quantitative estimate of drug-likeness (QED) is 0.271. The average Bonchev–Trinajstić information content (AvgIpc) is 3.16. The number of carbonyl (C=O) groups is 1. The second-order valence-electron chi connectivity index (χ2n) is 10.4. The Morgan fingerprint density at radius 1 is 1.14 bits per heavy atom. The molecule has 2 aromatic rings. The van der Waals surface area contributed by atoms with Crippen LogP contribution in [0.5, 0.6) is 5.75 Å². The largest absolute Gasteiger partial charge is 0.493 e. The number of carboxylic acid groups (broad SMARTS) is 1. The lowest BCUT2D eigenvalue weighted by atomic mass is 9.94. The molecule has 2 aromatic carbocycles. The molecule has 0 aliphatic heterocycles. The van der Waals surface area contributed by atoms with Crippen LogP contribution in [0, 0.1) is 19.8 Å². The highest BCUT2D eigenvalue weighted by Gasteiger charge is 2.20. The molecule has 37 heavy (non-hydrogen) atoms. The first-order valence-corrected chi connectivity index (χ1v) is 12.8. The van der Waals surface area contributed by atoms with Gasteiger partial charge in [0.2, 0.25) is 0 Å². The van der Waals surface area contributed by atoms with Gasteiger partial charge in [-0.3, -0.25) is 4.79 Å². The number of benzene rings is 2. The van der Waals surface area contributed by atoms with Gasteiger partial charge in [0.05, 0.1) is 12.2 Å². The highest BCUT2D eigenvalue weighted by molar-refractivity contribution is 5.72. The Labute approximate surface area is 222 Å². The van der Waals surface area contributed by atoms with Gasteiger partial charge in [0, 0.05) is 6.42 Å². The Balaban J connectivity index is 0.00000153. The fourth-order valence-electron chi connectivity index (χ4n) is 4.65. The van der Waals surface area contributed by atoms with Crippen LogP contribution in [-0.4, -0.2) is 28.9 Å². The molecule has 0 heterocycles. The van der Waals surface area contributed by atoms with Crippen LogP contribution < -0.4 is 4.74 Å². The molecule has 2 N–H and O–H groups in total. The predicted molar refractivity (Wildman–Crippen MR) is 151 cm³/mol. The molecule has 0 bridgehead atoms. The van der Waals surface area contributed by atoms with Gasteiger partial charge in [0.1, 0.15) is 18.1 Å². The molecule has 0 aromatic heterocycles. The van der Waals surface area contributed by atoms with Crippen molar-refractivity contribution in [3.63, 3.8) is 0 Å². The van der Waals surface area contributed by atoms with E-state index < -0.39 is 5.60 Å². The zero-order valence-electron chi connectivity index (χ0n) is 23.1. The minimum atomic E-state index is -0.723. The molecule has 5 heteroatoms. The van der Waals surface area contributed by atoms with Crippen LogP contribution in [0.2, 0.25) is 0 Å². The van der Waals surface area contributed by atoms with Crippen molar-refractivity contribution < 1.29 is 24.5 Å². The van der Waals surface area contributed by atoms with E-state index in [0.717, 1.165) is 24.2 Å². The van der Waals surface area contributed by atoms with E-state index in [1.54, 1.807) is 13.8 Å². The normalized spacial score (nSPS) is 17.3. The van der Waals surface area contributed by atoms with Gasteiger partial charge >= 0.3 is 0 Å². The number of rotatable bonds is 9. The summed E-state index contributed by atoms with van der Waals surface area (Å²) in [6.07, 6.45) is 7.13. The average molecular weight is 507 g/mol. The molecule has 1 fully saturated rings. The van der Waals surface area contributed by atoms with Gasteiger partial charge in [-0.25, -0.2) is 0 Å². The number of hydrogen-bond acceptors (Lipinski definition) is 4. The molecule has 0 radical (unpaired) electrons. The fraction of sp³-hybridized carbons (Fsp3) is 0.406. The van der Waals surface area contributed by atoms with Crippen molar-refractivity contribution in [1.82, 2.24) is 0 Å². The lowest BCUT2D eigenvalue weighted by molar-refractivity contribution is -0.122. The zero-order valence-corrected chi connectivity index (χ0v) is 23.1. The zero-order chi connectivity index (χ0) is 27.6. The predicted octanol–water partition coefficient (Wildman–Crippen LogP) is 7.54. The van der Waals surface area contributed by atoms with Gasteiger partial charge in [0.15, 0.2) is 0 Å². The van der Waals surface area contributed by atoms with Crippen molar-refractivity contribution in [2.24, 2.45) is 5.92 Å². The summed E-state index contributed by atoms with van der Waals surface area (Å²) in [5.74, 6) is 2.24. The molecule has 1 unspecified atom stereocenters. The van der Waals surface area contributed by atoms with E-state index >= 15 is 0 Å². The second-order valence-corrected chi connectivity index (χ2v) is 10.4. The summed E-state index contributed by atoms with van der Waals surface area (Å²) in [5.41, 5.74) is 7.88. The molecule has 0 amide bonds. The molecule has 5 nitrogen and oxygen atoms in total. The smallest absolute Gasteiger partial charge is 0.290 e. The first-order chi connectivity index (χ1) is 17.5. The second kappa shape index (κ2) is 13.8. The van der Waals surface area contributed by atoms with Crippen LogP contribution in [0.1, 0.15) is 63.6 Å². The molecule has 1 atom stereocenters. The number of hydrogen-bond donors (Lipinski definition) is 2. The Morgan fingerprint density at radius 3 is 2.35 bits per heavy atom. The van der Waals surface area contributed by atoms with Crippen molar-refractivity contribution in [3.05, 3.63) is 88.7 Å². The standard InChI is InChI=1S/C31H40O3.CH2O2/c1-8-26-14-21(2)15-28(26)18-24(5)34-20-25-10-9-11-27(19-25)30-22(3)16-29(17-23(30)4)33-13-12-31(6,7)32;2-1-3/h8-11,16-19,21,32H,5,12-15,20H2,1-4,6-7H3;1H,(H,2,3)/b26-8-,28-18-;. The van der Waals surface area contributed by atoms with Crippen molar-refractivity contribution in [2.45, 2.75) is 73.0 Å². The summed E-state index contributed by atoms with van der Waals surface area (Å²) >= 11 is 0. The summed E-state index contributed by atoms with van der Waals surface area (Å²) in [5, 5.41) is 16.8. The lowest BCUT2D eigenvalue weighted by Gasteiger charge is -2.18. The van der Waals surface area contributed by atoms with Crippen molar-refractivity contribution >= 4 is 6.47 Å². The third-order valence-electron chi connectivity index (χ3n) is 6.36. The van der Waals surface area contributed by atoms with Crippen LogP contribution in [-0.2, 0) is 16.1 Å². The SMILES string of the molecule is C=C(/C=C1/CC(C)C/C1=C/C)OCc1cccc(-c2c(C)cc(OCCC(C)(C)O)cc2C)c1.O=CO. The molecule has 200 valence electrons. The molecule has 3 rings (SSSR count). The third kappa shape index (κ3) is 9.58. The first kappa shape index (κ1) is 29.9. The number of allylic oxidation sites excluding steroid dienone is 4. The Morgan fingerprint density at radius 2 is 1.76 bits per heavy atom. The van der Waals surface area contributed by atoms with Gasteiger partial charge in [-0.2, -0.15) is 0 Å². The van der Waals surface area contributed by atoms with Gasteiger partial charge in [-0.05, 0) is 117 Å². The van der Waals surface area contributed by atoms with Crippen LogP contribution in [0.15, 0.2) is 72.0 Å². The number of aryl methyl sites for hydroxylation is 2. The van der Waals surface area contributed by atoms with Gasteiger partial charge in [-0.15, -0.1) is 0 Å². The topological polar surface area (TPSA) is 76.0 Å². The fourth-order valence-corrected chi connectivity index (χ4v) is 4.65.